The zero-order valence-corrected chi connectivity index (χ0v) is 22.3. The van der Waals surface area contributed by atoms with E-state index in [0.717, 1.165) is 5.56 Å². The highest BCUT2D eigenvalue weighted by Gasteiger charge is 2.78. The number of aliphatic hydroxyl groups is 1. The molecule has 4 rings (SSSR count). The van der Waals surface area contributed by atoms with Crippen LogP contribution in [0.15, 0.2) is 55.6 Å². The molecule has 3 aliphatic rings. The number of benzene rings is 1. The van der Waals surface area contributed by atoms with E-state index in [1.54, 1.807) is 29.0 Å². The van der Waals surface area contributed by atoms with Crippen molar-refractivity contribution in [2.24, 2.45) is 11.8 Å². The molecule has 8 heteroatoms. The van der Waals surface area contributed by atoms with Crippen LogP contribution in [0.4, 0.5) is 0 Å². The highest BCUT2D eigenvalue weighted by molar-refractivity contribution is 5.99. The molecule has 0 aromatic heterocycles. The van der Waals surface area contributed by atoms with E-state index in [-0.39, 0.29) is 30.4 Å². The van der Waals surface area contributed by atoms with Crippen molar-refractivity contribution in [2.45, 2.75) is 62.9 Å². The van der Waals surface area contributed by atoms with E-state index in [1.807, 2.05) is 51.1 Å². The Morgan fingerprint density at radius 2 is 1.81 bits per heavy atom. The Kier molecular flexibility index (Phi) is 7.36. The average Bonchev–Trinajstić information content (AvgIpc) is 3.44. The van der Waals surface area contributed by atoms with Gasteiger partial charge in [-0.25, -0.2) is 0 Å². The minimum absolute atomic E-state index is 0.146. The van der Waals surface area contributed by atoms with E-state index in [2.05, 4.69) is 13.2 Å². The molecule has 8 nitrogen and oxygen atoms in total. The van der Waals surface area contributed by atoms with E-state index in [0.29, 0.717) is 25.9 Å². The third-order valence-corrected chi connectivity index (χ3v) is 8.42. The lowest BCUT2D eigenvalue weighted by Crippen LogP contribution is -2.58. The molecule has 3 heterocycles. The third kappa shape index (κ3) is 4.10. The molecule has 2 bridgehead atoms. The van der Waals surface area contributed by atoms with Crippen LogP contribution in [0.2, 0.25) is 0 Å². The second kappa shape index (κ2) is 10.1. The quantitative estimate of drug-likeness (QED) is 0.490. The summed E-state index contributed by atoms with van der Waals surface area (Å²) in [6.45, 7) is 13.6. The standard InChI is InChI=1S/C29H39N3O5/c1-7-16-30(6)25(34)22-23-26(35)32(21(18-33)20-12-10-9-11-13-20)24(27(36)31(17-8-2)19(3)4)29(23)15-14-28(22,5)37-29/h7-13,19,21-24,33H,1-2,14-18H2,3-6H3/t21-,22-,23+,24?,28+,29?/m1/s1. The smallest absolute Gasteiger partial charge is 0.248 e. The van der Waals surface area contributed by atoms with Gasteiger partial charge in [-0.2, -0.15) is 0 Å². The number of amides is 3. The van der Waals surface area contributed by atoms with Gasteiger partial charge < -0.3 is 24.5 Å². The molecule has 37 heavy (non-hydrogen) atoms. The molecule has 1 spiro atoms. The summed E-state index contributed by atoms with van der Waals surface area (Å²) in [6.07, 6.45) is 4.35. The third-order valence-electron chi connectivity index (χ3n) is 8.42. The number of rotatable bonds is 10. The molecular weight excluding hydrogens is 470 g/mol. The van der Waals surface area contributed by atoms with Crippen LogP contribution in [0.3, 0.4) is 0 Å². The molecule has 3 fully saturated rings. The van der Waals surface area contributed by atoms with Gasteiger partial charge in [0.2, 0.25) is 17.7 Å². The first-order valence-corrected chi connectivity index (χ1v) is 13.0. The fraction of sp³-hybridized carbons (Fsp3) is 0.552. The van der Waals surface area contributed by atoms with Crippen molar-refractivity contribution in [2.75, 3.05) is 26.7 Å². The van der Waals surface area contributed by atoms with Crippen LogP contribution >= 0.6 is 0 Å². The van der Waals surface area contributed by atoms with Crippen molar-refractivity contribution < 1.29 is 24.2 Å². The summed E-state index contributed by atoms with van der Waals surface area (Å²) in [6, 6.07) is 7.34. The van der Waals surface area contributed by atoms with Gasteiger partial charge in [0.05, 0.1) is 30.1 Å². The molecule has 1 aromatic carbocycles. The average molecular weight is 510 g/mol. The lowest BCUT2D eigenvalue weighted by atomic mass is 9.66. The molecular formula is C29H39N3O5. The van der Waals surface area contributed by atoms with Crippen LogP contribution in [0, 0.1) is 11.8 Å². The normalized spacial score (nSPS) is 30.8. The predicted octanol–water partition coefficient (Wildman–Crippen LogP) is 2.55. The molecule has 0 saturated carbocycles. The van der Waals surface area contributed by atoms with Crippen molar-refractivity contribution >= 4 is 17.7 Å². The van der Waals surface area contributed by atoms with Crippen LogP contribution in [-0.4, -0.2) is 87.6 Å². The lowest BCUT2D eigenvalue weighted by Gasteiger charge is -2.40. The topological polar surface area (TPSA) is 90.4 Å². The van der Waals surface area contributed by atoms with Crippen molar-refractivity contribution in [3.05, 3.63) is 61.2 Å². The van der Waals surface area contributed by atoms with Gasteiger partial charge in [0.1, 0.15) is 11.6 Å². The Morgan fingerprint density at radius 1 is 1.16 bits per heavy atom. The molecule has 6 atom stereocenters. The summed E-state index contributed by atoms with van der Waals surface area (Å²) in [7, 11) is 1.69. The summed E-state index contributed by atoms with van der Waals surface area (Å²) in [5, 5.41) is 10.6. The molecule has 2 unspecified atom stereocenters. The van der Waals surface area contributed by atoms with Gasteiger partial charge in [0.25, 0.3) is 0 Å². The second-order valence-electron chi connectivity index (χ2n) is 11.0. The second-order valence-corrected chi connectivity index (χ2v) is 11.0. The molecule has 3 amide bonds. The van der Waals surface area contributed by atoms with Crippen LogP contribution in [0.5, 0.6) is 0 Å². The fourth-order valence-electron chi connectivity index (χ4n) is 6.76. The van der Waals surface area contributed by atoms with Crippen LogP contribution < -0.4 is 0 Å². The Balaban J connectivity index is 1.88. The van der Waals surface area contributed by atoms with E-state index in [9.17, 15) is 19.5 Å². The number of carbonyl (C=O) groups excluding carboxylic acids is 3. The summed E-state index contributed by atoms with van der Waals surface area (Å²) in [5.74, 6) is -2.33. The minimum Gasteiger partial charge on any atom is -0.394 e. The number of ether oxygens (including phenoxy) is 1. The van der Waals surface area contributed by atoms with Gasteiger partial charge in [0, 0.05) is 26.2 Å². The fourth-order valence-corrected chi connectivity index (χ4v) is 6.76. The van der Waals surface area contributed by atoms with E-state index in [1.165, 1.54) is 4.90 Å². The number of likely N-dealkylation sites (N-methyl/N-ethyl adjacent to an activating group) is 1. The predicted molar refractivity (Wildman–Crippen MR) is 140 cm³/mol. The van der Waals surface area contributed by atoms with Crippen molar-refractivity contribution in [3.63, 3.8) is 0 Å². The first-order valence-electron chi connectivity index (χ1n) is 13.0. The molecule has 0 radical (unpaired) electrons. The Bertz CT molecular complexity index is 1070. The number of likely N-dealkylation sites (tertiary alicyclic amines) is 1. The van der Waals surface area contributed by atoms with Crippen molar-refractivity contribution in [1.82, 2.24) is 14.7 Å². The summed E-state index contributed by atoms with van der Waals surface area (Å²) >= 11 is 0. The number of nitrogens with zero attached hydrogens (tertiary/aromatic N) is 3. The maximum atomic E-state index is 14.4. The van der Waals surface area contributed by atoms with Crippen molar-refractivity contribution in [3.8, 4) is 0 Å². The summed E-state index contributed by atoms with van der Waals surface area (Å²) < 4.78 is 6.72. The molecule has 3 saturated heterocycles. The number of fused-ring (bicyclic) bond motifs is 1. The Hall–Kier alpha value is -2.97. The zero-order valence-electron chi connectivity index (χ0n) is 22.3. The lowest BCUT2D eigenvalue weighted by molar-refractivity contribution is -0.157. The number of carbonyl (C=O) groups is 3. The number of hydrogen-bond acceptors (Lipinski definition) is 5. The molecule has 3 aliphatic heterocycles. The minimum atomic E-state index is -1.16. The van der Waals surface area contributed by atoms with E-state index < -0.39 is 35.1 Å². The SMILES string of the molecule is C=CCN(C)C(=O)[C@H]1[C@H]2C(=O)N([C@H](CO)c3ccccc3)C(C(=O)N(CC=C)C(C)C)C23CC[C@]1(C)O3. The Labute approximate surface area is 219 Å². The van der Waals surface area contributed by atoms with E-state index >= 15 is 0 Å². The first-order chi connectivity index (χ1) is 17.6. The van der Waals surface area contributed by atoms with Crippen LogP contribution in [0.1, 0.15) is 45.2 Å². The highest BCUT2D eigenvalue weighted by atomic mass is 16.5. The number of hydrogen-bond donors (Lipinski definition) is 1. The Morgan fingerprint density at radius 3 is 2.38 bits per heavy atom. The van der Waals surface area contributed by atoms with Crippen LogP contribution in [0.25, 0.3) is 0 Å². The maximum absolute atomic E-state index is 14.4. The first kappa shape index (κ1) is 27.1. The van der Waals surface area contributed by atoms with Gasteiger partial charge in [-0.05, 0) is 39.2 Å². The van der Waals surface area contributed by atoms with Gasteiger partial charge in [0.15, 0.2) is 0 Å². The van der Waals surface area contributed by atoms with Gasteiger partial charge in [-0.3, -0.25) is 14.4 Å². The zero-order chi connectivity index (χ0) is 27.1. The van der Waals surface area contributed by atoms with Crippen molar-refractivity contribution in [1.29, 1.82) is 0 Å². The molecule has 0 aliphatic carbocycles. The largest absolute Gasteiger partial charge is 0.394 e. The van der Waals surface area contributed by atoms with E-state index in [4.69, 9.17) is 4.74 Å². The summed E-state index contributed by atoms with van der Waals surface area (Å²) in [5.41, 5.74) is -1.30. The highest BCUT2D eigenvalue weighted by Crippen LogP contribution is 2.64. The molecule has 1 N–H and O–H groups in total. The van der Waals surface area contributed by atoms with Gasteiger partial charge in [-0.1, -0.05) is 42.5 Å². The van der Waals surface area contributed by atoms with Crippen LogP contribution in [-0.2, 0) is 19.1 Å². The number of aliphatic hydroxyl groups excluding tert-OH is 1. The molecule has 1 aromatic rings. The van der Waals surface area contributed by atoms with Gasteiger partial charge in [-0.15, -0.1) is 13.2 Å². The molecule has 200 valence electrons. The maximum Gasteiger partial charge on any atom is 0.248 e. The monoisotopic (exact) mass is 509 g/mol. The summed E-state index contributed by atoms with van der Waals surface area (Å²) in [4.78, 5) is 47.2. The van der Waals surface area contributed by atoms with Gasteiger partial charge >= 0.3 is 0 Å².